The number of hydrogen-bond donors (Lipinski definition) is 0. The van der Waals surface area contributed by atoms with Crippen LogP contribution >= 0.6 is 0 Å². The van der Waals surface area contributed by atoms with E-state index in [0.717, 1.165) is 121 Å². The molecule has 57 heavy (non-hydrogen) atoms. The van der Waals surface area contributed by atoms with Crippen molar-refractivity contribution in [2.75, 3.05) is 0 Å². The van der Waals surface area contributed by atoms with Gasteiger partial charge in [-0.2, -0.15) is 0 Å². The summed E-state index contributed by atoms with van der Waals surface area (Å²) in [4.78, 5) is 21.1. The molecule has 0 saturated carbocycles. The van der Waals surface area contributed by atoms with Crippen LogP contribution < -0.4 is 0 Å². The molecule has 0 N–H and O–H groups in total. The summed E-state index contributed by atoms with van der Waals surface area (Å²) >= 11 is 0. The maximum atomic E-state index is 6.75. The van der Waals surface area contributed by atoms with Gasteiger partial charge in [-0.3, -0.25) is 0 Å². The molecular formula is C52H30N4O. The molecule has 12 rings (SSSR count). The van der Waals surface area contributed by atoms with E-state index >= 15 is 0 Å². The van der Waals surface area contributed by atoms with Gasteiger partial charge < -0.3 is 4.42 Å². The van der Waals surface area contributed by atoms with Gasteiger partial charge in [-0.25, -0.2) is 19.9 Å². The minimum Gasteiger partial charge on any atom is -0.455 e. The van der Waals surface area contributed by atoms with Crippen LogP contribution in [0.3, 0.4) is 0 Å². The van der Waals surface area contributed by atoms with E-state index in [1.54, 1.807) is 0 Å². The number of nitrogens with zero attached hydrogens (tertiary/aromatic N) is 4. The highest BCUT2D eigenvalue weighted by atomic mass is 16.3. The minimum absolute atomic E-state index is 0.809. The summed E-state index contributed by atoms with van der Waals surface area (Å²) in [6.07, 6.45) is 0. The van der Waals surface area contributed by atoms with Crippen molar-refractivity contribution in [2.45, 2.75) is 0 Å². The van der Waals surface area contributed by atoms with Crippen molar-refractivity contribution < 1.29 is 4.42 Å². The third-order valence-electron chi connectivity index (χ3n) is 11.2. The molecule has 0 aliphatic carbocycles. The quantitative estimate of drug-likeness (QED) is 0.169. The molecular weight excluding hydrogens is 697 g/mol. The Balaban J connectivity index is 1.08. The van der Waals surface area contributed by atoms with E-state index in [-0.39, 0.29) is 0 Å². The normalized spacial score (nSPS) is 11.9. The van der Waals surface area contributed by atoms with Gasteiger partial charge in [0.25, 0.3) is 0 Å². The second-order valence-corrected chi connectivity index (χ2v) is 14.6. The van der Waals surface area contributed by atoms with Crippen molar-refractivity contribution in [2.24, 2.45) is 0 Å². The van der Waals surface area contributed by atoms with Crippen molar-refractivity contribution in [3.8, 4) is 45.0 Å². The molecule has 7 aromatic carbocycles. The maximum Gasteiger partial charge on any atom is 0.143 e. The third-order valence-corrected chi connectivity index (χ3v) is 11.2. The van der Waals surface area contributed by atoms with Gasteiger partial charge in [0.1, 0.15) is 11.2 Å². The van der Waals surface area contributed by atoms with Gasteiger partial charge in [0.2, 0.25) is 0 Å². The SMILES string of the molecule is c1ccc(-c2ccc3ccc4ccc(-c5cc6c(oc7cccc(-c8ccc9ccc%10ccc(-c%11ccccc%11)nc%10c9n8)c76)c6ccccc56)nc4c3n2)cc1. The van der Waals surface area contributed by atoms with Crippen LogP contribution in [-0.4, -0.2) is 19.9 Å². The van der Waals surface area contributed by atoms with Gasteiger partial charge in [0, 0.05) is 60.0 Å². The number of pyridine rings is 4. The topological polar surface area (TPSA) is 64.7 Å². The second kappa shape index (κ2) is 12.4. The number of furan rings is 1. The fourth-order valence-electron chi connectivity index (χ4n) is 8.45. The number of rotatable bonds is 4. The second-order valence-electron chi connectivity index (χ2n) is 14.6. The zero-order chi connectivity index (χ0) is 37.5. The fraction of sp³-hybridized carbons (Fsp3) is 0. The van der Waals surface area contributed by atoms with Crippen LogP contribution in [0.2, 0.25) is 0 Å². The van der Waals surface area contributed by atoms with Gasteiger partial charge in [-0.05, 0) is 41.8 Å². The van der Waals surface area contributed by atoms with Crippen molar-refractivity contribution >= 4 is 76.3 Å². The molecule has 0 amide bonds. The summed E-state index contributed by atoms with van der Waals surface area (Å²) < 4.78 is 6.75. The molecule has 0 atom stereocenters. The summed E-state index contributed by atoms with van der Waals surface area (Å²) in [6.45, 7) is 0. The van der Waals surface area contributed by atoms with Crippen molar-refractivity contribution in [1.82, 2.24) is 19.9 Å². The number of fused-ring (bicyclic) bond motifs is 11. The van der Waals surface area contributed by atoms with Gasteiger partial charge in [0.15, 0.2) is 0 Å². The van der Waals surface area contributed by atoms with Crippen LogP contribution in [0.5, 0.6) is 0 Å². The van der Waals surface area contributed by atoms with Gasteiger partial charge >= 0.3 is 0 Å². The summed E-state index contributed by atoms with van der Waals surface area (Å²) in [6, 6.07) is 63.1. The van der Waals surface area contributed by atoms with E-state index in [4.69, 9.17) is 24.4 Å². The number of benzene rings is 7. The minimum atomic E-state index is 0.809. The van der Waals surface area contributed by atoms with E-state index in [2.05, 4.69) is 140 Å². The Morgan fingerprint density at radius 2 is 0.754 bits per heavy atom. The first-order valence-corrected chi connectivity index (χ1v) is 19.1. The molecule has 0 radical (unpaired) electrons. The Labute approximate surface area is 326 Å². The predicted molar refractivity (Wildman–Crippen MR) is 234 cm³/mol. The van der Waals surface area contributed by atoms with Gasteiger partial charge in [-0.15, -0.1) is 0 Å². The predicted octanol–water partition coefficient (Wildman–Crippen LogP) is 13.6. The average Bonchev–Trinajstić information content (AvgIpc) is 3.68. The Kier molecular flexibility index (Phi) is 6.86. The molecule has 0 aliphatic rings. The van der Waals surface area contributed by atoms with Crippen LogP contribution in [0.4, 0.5) is 0 Å². The van der Waals surface area contributed by atoms with Crippen LogP contribution in [0.15, 0.2) is 186 Å². The molecule has 0 aliphatic heterocycles. The van der Waals surface area contributed by atoms with E-state index in [1.807, 2.05) is 42.5 Å². The molecule has 5 nitrogen and oxygen atoms in total. The van der Waals surface area contributed by atoms with Crippen molar-refractivity contribution in [3.05, 3.63) is 182 Å². The maximum absolute atomic E-state index is 6.75. The lowest BCUT2D eigenvalue weighted by Gasteiger charge is -2.11. The van der Waals surface area contributed by atoms with Gasteiger partial charge in [-0.1, -0.05) is 146 Å². The molecule has 0 bridgehead atoms. The molecule has 12 aromatic rings. The summed E-state index contributed by atoms with van der Waals surface area (Å²) in [7, 11) is 0. The number of hydrogen-bond acceptors (Lipinski definition) is 5. The summed E-state index contributed by atoms with van der Waals surface area (Å²) in [5, 5.41) is 8.34. The zero-order valence-electron chi connectivity index (χ0n) is 30.5. The highest BCUT2D eigenvalue weighted by molar-refractivity contribution is 6.22. The van der Waals surface area contributed by atoms with Crippen LogP contribution in [0.1, 0.15) is 0 Å². The van der Waals surface area contributed by atoms with Crippen LogP contribution in [0, 0.1) is 0 Å². The fourth-order valence-corrected chi connectivity index (χ4v) is 8.45. The summed E-state index contributed by atoms with van der Waals surface area (Å²) in [5.41, 5.74) is 12.9. The Bertz CT molecular complexity index is 3580. The van der Waals surface area contributed by atoms with Gasteiger partial charge in [0.05, 0.1) is 44.8 Å². The van der Waals surface area contributed by atoms with Crippen molar-refractivity contribution in [1.29, 1.82) is 0 Å². The monoisotopic (exact) mass is 726 g/mol. The van der Waals surface area contributed by atoms with Crippen LogP contribution in [-0.2, 0) is 0 Å². The molecule has 0 unspecified atom stereocenters. The zero-order valence-corrected chi connectivity index (χ0v) is 30.5. The smallest absolute Gasteiger partial charge is 0.143 e. The highest BCUT2D eigenvalue weighted by Crippen LogP contribution is 2.43. The Morgan fingerprint density at radius 1 is 0.316 bits per heavy atom. The molecule has 0 spiro atoms. The number of aromatic nitrogens is 4. The van der Waals surface area contributed by atoms with E-state index in [9.17, 15) is 0 Å². The molecule has 0 saturated heterocycles. The molecule has 5 aromatic heterocycles. The first-order valence-electron chi connectivity index (χ1n) is 19.1. The van der Waals surface area contributed by atoms with Crippen molar-refractivity contribution in [3.63, 3.8) is 0 Å². The lowest BCUT2D eigenvalue weighted by molar-refractivity contribution is 0.673. The first kappa shape index (κ1) is 31.6. The van der Waals surface area contributed by atoms with E-state index in [0.29, 0.717) is 0 Å². The first-order chi connectivity index (χ1) is 28.2. The molecule has 264 valence electrons. The molecule has 0 fully saturated rings. The highest BCUT2D eigenvalue weighted by Gasteiger charge is 2.20. The Morgan fingerprint density at radius 3 is 1.30 bits per heavy atom. The van der Waals surface area contributed by atoms with Crippen LogP contribution in [0.25, 0.3) is 121 Å². The van der Waals surface area contributed by atoms with E-state index in [1.165, 1.54) is 0 Å². The lowest BCUT2D eigenvalue weighted by Crippen LogP contribution is -1.92. The standard InChI is InChI=1S/C52H30N4O/c1-3-10-31(11-4-1)42-26-22-33-18-20-35-24-28-44(55-50(35)48(33)53-42)39-16-9-17-46-47(39)41-30-40(37-14-7-8-15-38(37)52(41)57-46)45-29-25-36-21-19-34-23-27-43(32-12-5-2-6-13-32)54-49(34)51(36)56-45/h1-30H. The third kappa shape index (κ3) is 5.03. The Hall–Kier alpha value is -7.76. The molecule has 5 heterocycles. The molecule has 5 heteroatoms. The lowest BCUT2D eigenvalue weighted by atomic mass is 9.95. The van der Waals surface area contributed by atoms with E-state index < -0.39 is 0 Å². The largest absolute Gasteiger partial charge is 0.455 e. The summed E-state index contributed by atoms with van der Waals surface area (Å²) in [5.74, 6) is 0. The average molecular weight is 727 g/mol.